The summed E-state index contributed by atoms with van der Waals surface area (Å²) in [5.41, 5.74) is 1.61. The predicted octanol–water partition coefficient (Wildman–Crippen LogP) is 2.81. The van der Waals surface area contributed by atoms with E-state index in [1.807, 2.05) is 31.2 Å². The molecule has 0 radical (unpaired) electrons. The van der Waals surface area contributed by atoms with E-state index in [9.17, 15) is 5.11 Å². The maximum atomic E-state index is 10.3. The first kappa shape index (κ1) is 17.9. The lowest BCUT2D eigenvalue weighted by Gasteiger charge is -2.44. The summed E-state index contributed by atoms with van der Waals surface area (Å²) in [7, 11) is 1.70. The molecule has 0 bridgehead atoms. The van der Waals surface area contributed by atoms with Gasteiger partial charge in [0, 0.05) is 25.2 Å². The molecule has 0 unspecified atom stereocenters. The summed E-state index contributed by atoms with van der Waals surface area (Å²) in [5.74, 6) is 0.906. The second-order valence-electron chi connectivity index (χ2n) is 7.21. The Labute approximate surface area is 150 Å². The summed E-state index contributed by atoms with van der Waals surface area (Å²) in [6.45, 7) is 4.04. The number of aliphatic hydroxyl groups is 1. The molecule has 0 amide bonds. The quantitative estimate of drug-likeness (QED) is 0.757. The second-order valence-corrected chi connectivity index (χ2v) is 7.21. The highest BCUT2D eigenvalue weighted by Crippen LogP contribution is 2.33. The Hall–Kier alpha value is -1.88. The van der Waals surface area contributed by atoms with E-state index < -0.39 is 5.60 Å². The van der Waals surface area contributed by atoms with Crippen molar-refractivity contribution in [3.8, 4) is 5.75 Å². The molecule has 1 aliphatic heterocycles. The number of benzene rings is 2. The Balaban J connectivity index is 1.73. The third-order valence-electron chi connectivity index (χ3n) is 5.16. The summed E-state index contributed by atoms with van der Waals surface area (Å²) >= 11 is 0. The molecule has 2 aromatic rings. The van der Waals surface area contributed by atoms with E-state index in [-0.39, 0.29) is 5.54 Å². The summed E-state index contributed by atoms with van der Waals surface area (Å²) in [5, 5.41) is 17.5. The first-order valence-corrected chi connectivity index (χ1v) is 8.90. The molecule has 4 nitrogen and oxygen atoms in total. The minimum absolute atomic E-state index is 0.161. The number of piperidine rings is 1. The molecule has 4 heteroatoms. The number of ether oxygens (including phenoxy) is 1. The van der Waals surface area contributed by atoms with Crippen LogP contribution in [-0.4, -0.2) is 30.9 Å². The topological polar surface area (TPSA) is 53.5 Å². The number of hydrogen-bond acceptors (Lipinski definition) is 4. The van der Waals surface area contributed by atoms with Gasteiger partial charge in [-0.05, 0) is 31.4 Å². The molecule has 0 aromatic heterocycles. The average molecular weight is 340 g/mol. The fraction of sp³-hybridized carbons (Fsp3) is 0.429. The summed E-state index contributed by atoms with van der Waals surface area (Å²) in [6, 6.07) is 18.6. The summed E-state index contributed by atoms with van der Waals surface area (Å²) in [4.78, 5) is 0. The predicted molar refractivity (Wildman–Crippen MR) is 101 cm³/mol. The molecular formula is C21H28N2O2. The second kappa shape index (κ2) is 7.56. The molecule has 0 aliphatic carbocycles. The number of β-amino-alcohol motifs (C(OH)–C–C–N with tert-alkyl or cyclic N) is 1. The van der Waals surface area contributed by atoms with Gasteiger partial charge >= 0.3 is 0 Å². The monoisotopic (exact) mass is 340 g/mol. The van der Waals surface area contributed by atoms with E-state index in [4.69, 9.17) is 4.74 Å². The third-order valence-corrected chi connectivity index (χ3v) is 5.16. The standard InChI is InChI=1S/C21H28N2O2/c1-20(24)12-13-21(23-15-20,18-9-4-3-5-10-18)16-22-14-17-8-6-7-11-19(17)25-2/h3-11,22-24H,12-16H2,1-2H3/t20-,21-/m0/s1. The van der Waals surface area contributed by atoms with Crippen molar-refractivity contribution in [3.05, 3.63) is 65.7 Å². The van der Waals surface area contributed by atoms with Gasteiger partial charge in [0.2, 0.25) is 0 Å². The van der Waals surface area contributed by atoms with Crippen LogP contribution in [0, 0.1) is 0 Å². The van der Waals surface area contributed by atoms with Crippen LogP contribution in [0.15, 0.2) is 54.6 Å². The number of hydrogen-bond donors (Lipinski definition) is 3. The molecule has 0 spiro atoms. The van der Waals surface area contributed by atoms with E-state index in [0.717, 1.165) is 37.2 Å². The van der Waals surface area contributed by atoms with E-state index in [0.29, 0.717) is 6.54 Å². The lowest BCUT2D eigenvalue weighted by atomic mass is 9.78. The maximum absolute atomic E-state index is 10.3. The van der Waals surface area contributed by atoms with Crippen molar-refractivity contribution < 1.29 is 9.84 Å². The van der Waals surface area contributed by atoms with Crippen molar-refractivity contribution in [2.24, 2.45) is 0 Å². The first-order valence-electron chi connectivity index (χ1n) is 8.90. The Kier molecular flexibility index (Phi) is 5.42. The first-order chi connectivity index (χ1) is 12.0. The fourth-order valence-electron chi connectivity index (χ4n) is 3.54. The molecule has 1 aliphatic rings. The van der Waals surface area contributed by atoms with Crippen molar-refractivity contribution in [1.82, 2.24) is 10.6 Å². The molecule has 3 rings (SSSR count). The molecule has 0 saturated carbocycles. The molecular weight excluding hydrogens is 312 g/mol. The minimum atomic E-state index is -0.638. The highest BCUT2D eigenvalue weighted by atomic mass is 16.5. The molecule has 2 atom stereocenters. The third kappa shape index (κ3) is 4.21. The van der Waals surface area contributed by atoms with E-state index in [1.54, 1.807) is 7.11 Å². The van der Waals surface area contributed by atoms with Crippen LogP contribution in [0.1, 0.15) is 30.9 Å². The molecule has 3 N–H and O–H groups in total. The van der Waals surface area contributed by atoms with Gasteiger partial charge in [-0.15, -0.1) is 0 Å². The van der Waals surface area contributed by atoms with Gasteiger partial charge in [-0.25, -0.2) is 0 Å². The SMILES string of the molecule is COc1ccccc1CNC[C@]1(c2ccccc2)CC[C@](C)(O)CN1. The van der Waals surface area contributed by atoms with E-state index >= 15 is 0 Å². The Morgan fingerprint density at radius 1 is 1.08 bits per heavy atom. The van der Waals surface area contributed by atoms with Gasteiger partial charge in [-0.3, -0.25) is 0 Å². The van der Waals surface area contributed by atoms with Crippen molar-refractivity contribution in [2.45, 2.75) is 37.5 Å². The minimum Gasteiger partial charge on any atom is -0.496 e. The van der Waals surface area contributed by atoms with Gasteiger partial charge in [-0.1, -0.05) is 48.5 Å². The molecule has 1 saturated heterocycles. The average Bonchev–Trinajstić information content (AvgIpc) is 2.64. The Morgan fingerprint density at radius 2 is 1.80 bits per heavy atom. The van der Waals surface area contributed by atoms with Gasteiger partial charge in [0.05, 0.1) is 18.2 Å². The number of methoxy groups -OCH3 is 1. The van der Waals surface area contributed by atoms with E-state index in [2.05, 4.69) is 41.0 Å². The van der Waals surface area contributed by atoms with Gasteiger partial charge in [0.15, 0.2) is 0 Å². The van der Waals surface area contributed by atoms with Crippen LogP contribution in [0.4, 0.5) is 0 Å². The van der Waals surface area contributed by atoms with Gasteiger partial charge < -0.3 is 20.5 Å². The Bertz CT molecular complexity index is 675. The number of para-hydroxylation sites is 1. The summed E-state index contributed by atoms with van der Waals surface area (Å²) in [6.07, 6.45) is 1.67. The largest absolute Gasteiger partial charge is 0.496 e. The smallest absolute Gasteiger partial charge is 0.123 e. The molecule has 1 heterocycles. The molecule has 2 aromatic carbocycles. The van der Waals surface area contributed by atoms with Crippen molar-refractivity contribution in [2.75, 3.05) is 20.2 Å². The van der Waals surface area contributed by atoms with Gasteiger partial charge in [0.25, 0.3) is 0 Å². The lowest BCUT2D eigenvalue weighted by molar-refractivity contribution is 0.00269. The highest BCUT2D eigenvalue weighted by Gasteiger charge is 2.39. The zero-order valence-electron chi connectivity index (χ0n) is 15.1. The van der Waals surface area contributed by atoms with Crippen LogP contribution in [0.2, 0.25) is 0 Å². The normalized spacial score (nSPS) is 26.4. The van der Waals surface area contributed by atoms with E-state index in [1.165, 1.54) is 5.56 Å². The Morgan fingerprint density at radius 3 is 2.48 bits per heavy atom. The molecule has 1 fully saturated rings. The highest BCUT2D eigenvalue weighted by molar-refractivity contribution is 5.33. The van der Waals surface area contributed by atoms with Crippen molar-refractivity contribution >= 4 is 0 Å². The zero-order chi connectivity index (χ0) is 17.8. The van der Waals surface area contributed by atoms with Gasteiger partial charge in [0.1, 0.15) is 5.75 Å². The number of rotatable bonds is 6. The zero-order valence-corrected chi connectivity index (χ0v) is 15.1. The summed E-state index contributed by atoms with van der Waals surface area (Å²) < 4.78 is 5.44. The van der Waals surface area contributed by atoms with Crippen LogP contribution in [0.5, 0.6) is 5.75 Å². The lowest BCUT2D eigenvalue weighted by Crippen LogP contribution is -2.58. The van der Waals surface area contributed by atoms with Crippen LogP contribution >= 0.6 is 0 Å². The molecule has 25 heavy (non-hydrogen) atoms. The van der Waals surface area contributed by atoms with Crippen molar-refractivity contribution in [3.63, 3.8) is 0 Å². The van der Waals surface area contributed by atoms with Gasteiger partial charge in [-0.2, -0.15) is 0 Å². The van der Waals surface area contributed by atoms with Crippen LogP contribution in [0.3, 0.4) is 0 Å². The fourth-order valence-corrected chi connectivity index (χ4v) is 3.54. The molecule has 134 valence electrons. The van der Waals surface area contributed by atoms with Crippen molar-refractivity contribution in [1.29, 1.82) is 0 Å². The van der Waals surface area contributed by atoms with Crippen LogP contribution < -0.4 is 15.4 Å². The van der Waals surface area contributed by atoms with Crippen LogP contribution in [-0.2, 0) is 12.1 Å². The van der Waals surface area contributed by atoms with Crippen LogP contribution in [0.25, 0.3) is 0 Å². The number of nitrogens with one attached hydrogen (secondary N) is 2. The maximum Gasteiger partial charge on any atom is 0.123 e.